The number of esters is 1. The summed E-state index contributed by atoms with van der Waals surface area (Å²) in [6.45, 7) is 1.90. The third kappa shape index (κ3) is 4.88. The fraction of sp³-hybridized carbons (Fsp3) is 0.423. The second-order valence-electron chi connectivity index (χ2n) is 7.80. The number of hydrogen-bond acceptors (Lipinski definition) is 7. The first-order valence-corrected chi connectivity index (χ1v) is 10.6. The van der Waals surface area contributed by atoms with E-state index in [0.29, 0.717) is 32.0 Å². The molecule has 0 spiro atoms. The maximum absolute atomic E-state index is 12.6. The van der Waals surface area contributed by atoms with Crippen LogP contribution in [0.5, 0.6) is 0 Å². The number of rotatable bonds is 11. The van der Waals surface area contributed by atoms with Gasteiger partial charge in [0, 0.05) is 35.5 Å². The monoisotopic (exact) mass is 456 g/mol. The molecule has 0 unspecified atom stereocenters. The number of ether oxygens (including phenoxy) is 6. The second-order valence-corrected chi connectivity index (χ2v) is 7.80. The largest absolute Gasteiger partial charge is 0.465 e. The summed E-state index contributed by atoms with van der Waals surface area (Å²) in [6, 6.07) is 8.00. The van der Waals surface area contributed by atoms with E-state index < -0.39 is 5.97 Å². The smallest absolute Gasteiger partial charge is 0.338 e. The van der Waals surface area contributed by atoms with Crippen molar-refractivity contribution in [1.82, 2.24) is 0 Å². The Kier molecular flexibility index (Phi) is 8.77. The molecule has 7 nitrogen and oxygen atoms in total. The van der Waals surface area contributed by atoms with E-state index >= 15 is 0 Å². The summed E-state index contributed by atoms with van der Waals surface area (Å²) in [6.07, 6.45) is 0. The minimum Gasteiger partial charge on any atom is -0.465 e. The van der Waals surface area contributed by atoms with Gasteiger partial charge in [0.15, 0.2) is 0 Å². The van der Waals surface area contributed by atoms with Gasteiger partial charge < -0.3 is 28.4 Å². The Morgan fingerprint density at radius 3 is 1.45 bits per heavy atom. The second kappa shape index (κ2) is 11.5. The fourth-order valence-corrected chi connectivity index (χ4v) is 4.51. The van der Waals surface area contributed by atoms with Crippen LogP contribution in [0.15, 0.2) is 24.3 Å². The lowest BCUT2D eigenvalue weighted by molar-refractivity contribution is 0.0596. The zero-order chi connectivity index (χ0) is 24.0. The summed E-state index contributed by atoms with van der Waals surface area (Å²) in [5.41, 5.74) is 5.28. The molecule has 0 aliphatic carbocycles. The van der Waals surface area contributed by atoms with Gasteiger partial charge in [0.2, 0.25) is 0 Å². The fourth-order valence-electron chi connectivity index (χ4n) is 4.51. The van der Waals surface area contributed by atoms with Crippen molar-refractivity contribution in [2.24, 2.45) is 0 Å². The predicted molar refractivity (Wildman–Crippen MR) is 126 cm³/mol. The average molecular weight is 457 g/mol. The number of methoxy groups -OCH3 is 6. The zero-order valence-electron chi connectivity index (χ0n) is 20.2. The van der Waals surface area contributed by atoms with Crippen LogP contribution < -0.4 is 0 Å². The highest BCUT2D eigenvalue weighted by atomic mass is 16.5. The summed E-state index contributed by atoms with van der Waals surface area (Å²) in [5.74, 6) is -0.411. The Bertz CT molecular complexity index is 1140. The van der Waals surface area contributed by atoms with Crippen molar-refractivity contribution in [2.45, 2.75) is 33.0 Å². The predicted octanol–water partition coefficient (Wildman–Crippen LogP) is 4.51. The molecular formula is C26H32O7. The minimum atomic E-state index is -0.411. The van der Waals surface area contributed by atoms with Gasteiger partial charge in [0.05, 0.1) is 45.7 Å². The normalized spacial score (nSPS) is 11.5. The molecule has 0 radical (unpaired) electrons. The lowest BCUT2D eigenvalue weighted by Crippen LogP contribution is -2.09. The van der Waals surface area contributed by atoms with Crippen molar-refractivity contribution in [3.63, 3.8) is 0 Å². The first kappa shape index (κ1) is 25.1. The van der Waals surface area contributed by atoms with Crippen LogP contribution in [0.1, 0.15) is 38.2 Å². The SMILES string of the molecule is COCc1cc2c(COC)c3c(COC)ccc(COC)c3c(COC)c2cc1C(=O)OC. The summed E-state index contributed by atoms with van der Waals surface area (Å²) >= 11 is 0. The van der Waals surface area contributed by atoms with E-state index in [9.17, 15) is 4.79 Å². The molecule has 33 heavy (non-hydrogen) atoms. The van der Waals surface area contributed by atoms with E-state index in [1.54, 1.807) is 35.5 Å². The van der Waals surface area contributed by atoms with Crippen LogP contribution in [-0.4, -0.2) is 48.6 Å². The minimum absolute atomic E-state index is 0.277. The Morgan fingerprint density at radius 2 is 1.03 bits per heavy atom. The van der Waals surface area contributed by atoms with Gasteiger partial charge in [-0.1, -0.05) is 12.1 Å². The van der Waals surface area contributed by atoms with Crippen LogP contribution in [-0.2, 0) is 61.5 Å². The van der Waals surface area contributed by atoms with Crippen molar-refractivity contribution in [3.05, 3.63) is 57.6 Å². The number of carbonyl (C=O) groups excluding carboxylic acids is 1. The van der Waals surface area contributed by atoms with Gasteiger partial charge in [-0.15, -0.1) is 0 Å². The maximum Gasteiger partial charge on any atom is 0.338 e. The van der Waals surface area contributed by atoms with Crippen molar-refractivity contribution >= 4 is 27.5 Å². The van der Waals surface area contributed by atoms with Gasteiger partial charge in [-0.3, -0.25) is 0 Å². The number of carbonyl (C=O) groups is 1. The Hall–Kier alpha value is -2.55. The molecule has 0 aromatic heterocycles. The highest BCUT2D eigenvalue weighted by Crippen LogP contribution is 2.39. The van der Waals surface area contributed by atoms with Gasteiger partial charge in [-0.2, -0.15) is 0 Å². The molecule has 0 saturated carbocycles. The van der Waals surface area contributed by atoms with Crippen LogP contribution in [0.4, 0.5) is 0 Å². The molecule has 0 aliphatic rings. The Balaban J connectivity index is 2.60. The zero-order valence-corrected chi connectivity index (χ0v) is 20.2. The lowest BCUT2D eigenvalue weighted by atomic mass is 9.85. The number of hydrogen-bond donors (Lipinski definition) is 0. The number of fused-ring (bicyclic) bond motifs is 2. The van der Waals surface area contributed by atoms with Gasteiger partial charge in [0.25, 0.3) is 0 Å². The van der Waals surface area contributed by atoms with E-state index in [-0.39, 0.29) is 6.61 Å². The third-order valence-electron chi connectivity index (χ3n) is 5.76. The molecule has 0 N–H and O–H groups in total. The molecule has 0 aliphatic heterocycles. The number of benzene rings is 3. The van der Waals surface area contributed by atoms with E-state index in [1.165, 1.54) is 7.11 Å². The highest BCUT2D eigenvalue weighted by molar-refractivity contribution is 6.10. The Morgan fingerprint density at radius 1 is 0.606 bits per heavy atom. The standard InChI is InChI=1S/C26H32O7/c1-28-11-16-7-8-17(12-29-2)25-23(15-32-5)21-10-19(26(27)33-6)18(13-30-3)9-20(21)22(14-31-4)24(16)25/h7-10H,11-15H2,1-6H3. The van der Waals surface area contributed by atoms with Crippen LogP contribution in [0.3, 0.4) is 0 Å². The van der Waals surface area contributed by atoms with E-state index in [1.807, 2.05) is 12.1 Å². The molecule has 3 aromatic carbocycles. The molecule has 0 bridgehead atoms. The van der Waals surface area contributed by atoms with Gasteiger partial charge in [0.1, 0.15) is 0 Å². The molecule has 3 aromatic rings. The lowest BCUT2D eigenvalue weighted by Gasteiger charge is -2.22. The summed E-state index contributed by atoms with van der Waals surface area (Å²) < 4.78 is 32.8. The van der Waals surface area contributed by atoms with Crippen LogP contribution >= 0.6 is 0 Å². The molecule has 0 fully saturated rings. The molecule has 178 valence electrons. The molecule has 0 atom stereocenters. The molecular weight excluding hydrogens is 424 g/mol. The van der Waals surface area contributed by atoms with Crippen molar-refractivity contribution in [2.75, 3.05) is 42.7 Å². The van der Waals surface area contributed by atoms with Gasteiger partial charge >= 0.3 is 5.97 Å². The average Bonchev–Trinajstić information content (AvgIpc) is 2.82. The van der Waals surface area contributed by atoms with Crippen molar-refractivity contribution in [3.8, 4) is 0 Å². The van der Waals surface area contributed by atoms with E-state index in [2.05, 4.69) is 12.1 Å². The Labute approximate surface area is 194 Å². The molecule has 0 amide bonds. The molecule has 3 rings (SSSR count). The molecule has 7 heteroatoms. The van der Waals surface area contributed by atoms with Crippen molar-refractivity contribution in [1.29, 1.82) is 0 Å². The maximum atomic E-state index is 12.6. The molecule has 0 heterocycles. The van der Waals surface area contributed by atoms with Crippen LogP contribution in [0, 0.1) is 0 Å². The summed E-state index contributed by atoms with van der Waals surface area (Å²) in [7, 11) is 9.68. The summed E-state index contributed by atoms with van der Waals surface area (Å²) in [4.78, 5) is 12.6. The topological polar surface area (TPSA) is 72.5 Å². The van der Waals surface area contributed by atoms with Gasteiger partial charge in [-0.05, 0) is 61.5 Å². The third-order valence-corrected chi connectivity index (χ3v) is 5.76. The van der Waals surface area contributed by atoms with Crippen molar-refractivity contribution < 1.29 is 33.2 Å². The van der Waals surface area contributed by atoms with E-state index in [0.717, 1.165) is 49.4 Å². The van der Waals surface area contributed by atoms with Crippen LogP contribution in [0.25, 0.3) is 21.5 Å². The first-order valence-electron chi connectivity index (χ1n) is 10.6. The first-order chi connectivity index (χ1) is 16.1. The van der Waals surface area contributed by atoms with E-state index in [4.69, 9.17) is 28.4 Å². The molecule has 0 saturated heterocycles. The quantitative estimate of drug-likeness (QED) is 0.310. The summed E-state index contributed by atoms with van der Waals surface area (Å²) in [5, 5.41) is 3.97. The highest BCUT2D eigenvalue weighted by Gasteiger charge is 2.23. The van der Waals surface area contributed by atoms with Crippen LogP contribution in [0.2, 0.25) is 0 Å². The van der Waals surface area contributed by atoms with Gasteiger partial charge in [-0.25, -0.2) is 4.79 Å².